The summed E-state index contributed by atoms with van der Waals surface area (Å²) in [4.78, 5) is 8.26. The molecule has 1 aromatic heterocycles. The molecule has 4 nitrogen and oxygen atoms in total. The van der Waals surface area contributed by atoms with Gasteiger partial charge in [-0.2, -0.15) is 0 Å². The van der Waals surface area contributed by atoms with Crippen LogP contribution in [0, 0.1) is 0 Å². The molecule has 0 aromatic carbocycles. The Kier molecular flexibility index (Phi) is 4.52. The Bertz CT molecular complexity index is 302. The zero-order chi connectivity index (χ0) is 11.3. The van der Waals surface area contributed by atoms with Crippen LogP contribution in [0.2, 0.25) is 0 Å². The monoisotopic (exact) mass is 209 g/mol. The van der Waals surface area contributed by atoms with Crippen LogP contribution in [0.4, 0.5) is 5.69 Å². The number of aliphatic hydroxyl groups excluding tert-OH is 1. The molecule has 1 heterocycles. The summed E-state index contributed by atoms with van der Waals surface area (Å²) in [5, 5.41) is 9.17. The highest BCUT2D eigenvalue weighted by molar-refractivity contribution is 5.51. The van der Waals surface area contributed by atoms with Crippen LogP contribution in [0.1, 0.15) is 5.56 Å². The van der Waals surface area contributed by atoms with Gasteiger partial charge in [-0.05, 0) is 20.2 Å². The molecule has 1 N–H and O–H groups in total. The number of pyridine rings is 1. The fourth-order valence-corrected chi connectivity index (χ4v) is 1.38. The smallest absolute Gasteiger partial charge is 0.0717 e. The number of likely N-dealkylation sites (N-methyl/N-ethyl adjacent to an activating group) is 2. The highest BCUT2D eigenvalue weighted by Crippen LogP contribution is 2.17. The third kappa shape index (κ3) is 3.49. The van der Waals surface area contributed by atoms with Gasteiger partial charge in [0, 0.05) is 43.8 Å². The predicted molar refractivity (Wildman–Crippen MR) is 62.0 cm³/mol. The van der Waals surface area contributed by atoms with Gasteiger partial charge in [-0.1, -0.05) is 0 Å². The van der Waals surface area contributed by atoms with Crippen LogP contribution < -0.4 is 4.90 Å². The molecule has 0 fully saturated rings. The first-order chi connectivity index (χ1) is 7.15. The van der Waals surface area contributed by atoms with Crippen LogP contribution in [0.3, 0.4) is 0 Å². The Hall–Kier alpha value is -1.13. The molecular weight excluding hydrogens is 190 g/mol. The minimum Gasteiger partial charge on any atom is -0.392 e. The molecule has 0 saturated carbocycles. The lowest BCUT2D eigenvalue weighted by molar-refractivity contribution is 0.281. The van der Waals surface area contributed by atoms with Gasteiger partial charge < -0.3 is 14.9 Å². The van der Waals surface area contributed by atoms with Crippen molar-refractivity contribution in [1.29, 1.82) is 0 Å². The van der Waals surface area contributed by atoms with Crippen molar-refractivity contribution in [2.24, 2.45) is 0 Å². The van der Waals surface area contributed by atoms with E-state index >= 15 is 0 Å². The molecule has 0 amide bonds. The molecule has 15 heavy (non-hydrogen) atoms. The van der Waals surface area contributed by atoms with Crippen LogP contribution in [0.5, 0.6) is 0 Å². The van der Waals surface area contributed by atoms with Crippen LogP contribution >= 0.6 is 0 Å². The minimum absolute atomic E-state index is 0.0372. The van der Waals surface area contributed by atoms with Crippen molar-refractivity contribution in [3.63, 3.8) is 0 Å². The van der Waals surface area contributed by atoms with E-state index in [1.807, 2.05) is 27.2 Å². The van der Waals surface area contributed by atoms with Crippen molar-refractivity contribution in [3.05, 3.63) is 24.0 Å². The first-order valence-electron chi connectivity index (χ1n) is 5.04. The number of rotatable bonds is 5. The molecule has 0 saturated heterocycles. The van der Waals surface area contributed by atoms with Crippen molar-refractivity contribution in [2.45, 2.75) is 6.61 Å². The predicted octanol–water partition coefficient (Wildman–Crippen LogP) is 0.572. The first kappa shape index (κ1) is 11.9. The van der Waals surface area contributed by atoms with Crippen molar-refractivity contribution >= 4 is 5.69 Å². The summed E-state index contributed by atoms with van der Waals surface area (Å²) in [5.74, 6) is 0. The Labute approximate surface area is 91.2 Å². The van der Waals surface area contributed by atoms with Crippen LogP contribution in [-0.2, 0) is 6.61 Å². The molecule has 0 aliphatic heterocycles. The van der Waals surface area contributed by atoms with E-state index < -0.39 is 0 Å². The zero-order valence-corrected chi connectivity index (χ0v) is 9.64. The van der Waals surface area contributed by atoms with Gasteiger partial charge >= 0.3 is 0 Å². The highest BCUT2D eigenvalue weighted by atomic mass is 16.3. The summed E-state index contributed by atoms with van der Waals surface area (Å²) in [7, 11) is 6.12. The standard InChI is InChI=1S/C11H19N3O/c1-13(2)6-7-14(3)11-4-5-12-8-10(11)9-15/h4-5,8,15H,6-7,9H2,1-3H3. The minimum atomic E-state index is 0.0372. The Morgan fingerprint density at radius 1 is 1.27 bits per heavy atom. The second-order valence-corrected chi connectivity index (χ2v) is 3.89. The van der Waals surface area contributed by atoms with Gasteiger partial charge in [0.2, 0.25) is 0 Å². The SMILES string of the molecule is CN(C)CCN(C)c1ccncc1CO. The third-order valence-corrected chi connectivity index (χ3v) is 2.34. The van der Waals surface area contributed by atoms with E-state index in [4.69, 9.17) is 5.11 Å². The quantitative estimate of drug-likeness (QED) is 0.769. The molecule has 0 unspecified atom stereocenters. The number of aliphatic hydroxyl groups is 1. The second-order valence-electron chi connectivity index (χ2n) is 3.89. The van der Waals surface area contributed by atoms with E-state index in [0.29, 0.717) is 0 Å². The lowest BCUT2D eigenvalue weighted by Gasteiger charge is -2.23. The van der Waals surface area contributed by atoms with Gasteiger partial charge in [0.25, 0.3) is 0 Å². The summed E-state index contributed by atoms with van der Waals surface area (Å²) >= 11 is 0. The molecule has 84 valence electrons. The van der Waals surface area contributed by atoms with E-state index in [1.54, 1.807) is 12.4 Å². The van der Waals surface area contributed by atoms with Gasteiger partial charge in [0.05, 0.1) is 6.61 Å². The van der Waals surface area contributed by atoms with E-state index in [1.165, 1.54) is 0 Å². The average Bonchev–Trinajstić information content (AvgIpc) is 2.25. The van der Waals surface area contributed by atoms with E-state index in [0.717, 1.165) is 24.3 Å². The molecule has 0 spiro atoms. The Morgan fingerprint density at radius 3 is 2.60 bits per heavy atom. The largest absolute Gasteiger partial charge is 0.392 e. The number of nitrogens with zero attached hydrogens (tertiary/aromatic N) is 3. The lowest BCUT2D eigenvalue weighted by atomic mass is 10.2. The molecule has 0 bridgehead atoms. The molecule has 4 heteroatoms. The van der Waals surface area contributed by atoms with Gasteiger partial charge in [-0.25, -0.2) is 0 Å². The lowest BCUT2D eigenvalue weighted by Crippen LogP contribution is -2.29. The van der Waals surface area contributed by atoms with Gasteiger partial charge in [-0.3, -0.25) is 4.98 Å². The van der Waals surface area contributed by atoms with Gasteiger partial charge in [0.1, 0.15) is 0 Å². The second kappa shape index (κ2) is 5.68. The maximum absolute atomic E-state index is 9.17. The normalized spacial score (nSPS) is 10.7. The summed E-state index contributed by atoms with van der Waals surface area (Å²) in [6.07, 6.45) is 3.46. The summed E-state index contributed by atoms with van der Waals surface area (Å²) in [5.41, 5.74) is 1.92. The average molecular weight is 209 g/mol. The fraction of sp³-hybridized carbons (Fsp3) is 0.545. The number of hydrogen-bond donors (Lipinski definition) is 1. The maximum atomic E-state index is 9.17. The number of aromatic nitrogens is 1. The number of anilines is 1. The zero-order valence-electron chi connectivity index (χ0n) is 9.64. The van der Waals surface area contributed by atoms with Gasteiger partial charge in [-0.15, -0.1) is 0 Å². The molecule has 1 rings (SSSR count). The van der Waals surface area contributed by atoms with E-state index in [-0.39, 0.29) is 6.61 Å². The first-order valence-corrected chi connectivity index (χ1v) is 5.04. The Morgan fingerprint density at radius 2 is 2.00 bits per heavy atom. The van der Waals surface area contributed by atoms with Crippen molar-refractivity contribution in [2.75, 3.05) is 39.1 Å². The van der Waals surface area contributed by atoms with E-state index in [2.05, 4.69) is 14.8 Å². The van der Waals surface area contributed by atoms with E-state index in [9.17, 15) is 0 Å². The summed E-state index contributed by atoms with van der Waals surface area (Å²) < 4.78 is 0. The van der Waals surface area contributed by atoms with Crippen molar-refractivity contribution in [1.82, 2.24) is 9.88 Å². The molecule has 0 aliphatic rings. The fourth-order valence-electron chi connectivity index (χ4n) is 1.38. The Balaban J connectivity index is 2.68. The summed E-state index contributed by atoms with van der Waals surface area (Å²) in [6, 6.07) is 1.93. The number of hydrogen-bond acceptors (Lipinski definition) is 4. The van der Waals surface area contributed by atoms with Crippen LogP contribution in [0.25, 0.3) is 0 Å². The molecular formula is C11H19N3O. The van der Waals surface area contributed by atoms with Crippen LogP contribution in [-0.4, -0.2) is 49.2 Å². The van der Waals surface area contributed by atoms with Crippen molar-refractivity contribution in [3.8, 4) is 0 Å². The third-order valence-electron chi connectivity index (χ3n) is 2.34. The van der Waals surface area contributed by atoms with Crippen LogP contribution in [0.15, 0.2) is 18.5 Å². The molecule has 0 radical (unpaired) electrons. The molecule has 0 atom stereocenters. The summed E-state index contributed by atoms with van der Waals surface area (Å²) in [6.45, 7) is 1.96. The molecule has 0 aliphatic carbocycles. The topological polar surface area (TPSA) is 39.6 Å². The van der Waals surface area contributed by atoms with Gasteiger partial charge in [0.15, 0.2) is 0 Å². The maximum Gasteiger partial charge on any atom is 0.0717 e. The van der Waals surface area contributed by atoms with Crippen molar-refractivity contribution < 1.29 is 5.11 Å². The molecule has 1 aromatic rings. The highest BCUT2D eigenvalue weighted by Gasteiger charge is 2.06.